The second kappa shape index (κ2) is 56.0. The molecule has 0 fully saturated rings. The first-order chi connectivity index (χ1) is 37.4. The lowest BCUT2D eigenvalue weighted by Crippen LogP contribution is -2.47. The molecule has 1 amide bonds. The minimum absolute atomic E-state index is 0.0356. The second-order valence-electron chi connectivity index (χ2n) is 21.8. The minimum Gasteiger partial charge on any atom is -0.756 e. The second-order valence-corrected chi connectivity index (χ2v) is 23.2. The van der Waals surface area contributed by atoms with Gasteiger partial charge in [0.2, 0.25) is 5.91 Å². The zero-order chi connectivity index (χ0) is 56.4. The van der Waals surface area contributed by atoms with Gasteiger partial charge in [-0.05, 0) is 115 Å². The Bertz CT molecular complexity index is 1690. The third kappa shape index (κ3) is 57.2. The number of nitrogens with zero attached hydrogens (tertiary/aromatic N) is 1. The topological polar surface area (TPSA) is 114 Å². The van der Waals surface area contributed by atoms with Crippen LogP contribution in [0, 0.1) is 0 Å². The van der Waals surface area contributed by atoms with E-state index in [9.17, 15) is 19.0 Å². The fourth-order valence-corrected chi connectivity index (χ4v) is 9.10. The van der Waals surface area contributed by atoms with Crippen LogP contribution in [0.5, 0.6) is 0 Å². The number of quaternary nitrogens is 1. The molecule has 9 nitrogen and oxygen atoms in total. The maximum atomic E-state index is 13.5. The molecule has 0 radical (unpaired) electrons. The quantitative estimate of drug-likeness (QED) is 0.0212. The monoisotopic (exact) mass is 1090 g/mol. The predicted octanol–water partition coefficient (Wildman–Crippen LogP) is 18.7. The highest BCUT2D eigenvalue weighted by Crippen LogP contribution is 2.38. The van der Waals surface area contributed by atoms with Gasteiger partial charge in [-0.3, -0.25) is 14.2 Å². The molecule has 0 heterocycles. The Labute approximate surface area is 474 Å². The first-order valence-corrected chi connectivity index (χ1v) is 32.7. The van der Waals surface area contributed by atoms with E-state index in [0.717, 1.165) is 109 Å². The fraction of sp³-hybridized carbons (Fsp3) is 0.701. The molecule has 0 aromatic heterocycles. The van der Waals surface area contributed by atoms with Crippen LogP contribution in [0.15, 0.2) is 109 Å². The van der Waals surface area contributed by atoms with Gasteiger partial charge in [0.25, 0.3) is 7.82 Å². The van der Waals surface area contributed by atoms with Crippen LogP contribution in [0.1, 0.15) is 252 Å². The molecule has 1 N–H and O–H groups in total. The summed E-state index contributed by atoms with van der Waals surface area (Å²) in [6.07, 6.45) is 76.3. The van der Waals surface area contributed by atoms with E-state index in [4.69, 9.17) is 13.8 Å². The van der Waals surface area contributed by atoms with Gasteiger partial charge in [0.05, 0.1) is 33.8 Å². The lowest BCUT2D eigenvalue weighted by molar-refractivity contribution is -0.870. The average Bonchev–Trinajstić information content (AvgIpc) is 3.39. The van der Waals surface area contributed by atoms with E-state index in [0.29, 0.717) is 23.9 Å². The van der Waals surface area contributed by atoms with Gasteiger partial charge in [-0.1, -0.05) is 233 Å². The number of amides is 1. The average molecular weight is 1090 g/mol. The van der Waals surface area contributed by atoms with Gasteiger partial charge in [0.15, 0.2) is 0 Å². The molecule has 0 aliphatic rings. The summed E-state index contributed by atoms with van der Waals surface area (Å²) in [7, 11) is 1.14. The lowest BCUT2D eigenvalue weighted by atomic mass is 10.0. The number of nitrogens with one attached hydrogen (secondary N) is 1. The third-order valence-electron chi connectivity index (χ3n) is 13.2. The van der Waals surface area contributed by atoms with Crippen molar-refractivity contribution in [1.29, 1.82) is 0 Å². The number of phosphoric acid groups is 1. The lowest BCUT2D eigenvalue weighted by Gasteiger charge is -2.30. The number of carbonyl (C=O) groups is 2. The molecule has 0 aliphatic heterocycles. The van der Waals surface area contributed by atoms with Gasteiger partial charge in [-0.2, -0.15) is 0 Å². The molecule has 3 atom stereocenters. The standard InChI is InChI=1S/C67H117N2O7P/c1-7-10-13-16-19-22-25-27-29-31-33-34-36-38-40-42-45-48-51-54-57-60-67(71)76-65(58-55-52-49-46-43-24-21-18-15-12-9-3)64(63-75-77(72,73)74-62-61-69(4,5)6)68-66(70)59-56-53-50-47-44-41-39-37-35-32-30-28-26-23-20-17-14-11-8-2/h10,13,19-20,22-23,27-30,33-34,38,40,45,48,55,58,64-65H,7-9,11-12,14-18,21,24-26,31-32,35-37,39,41-44,46-47,49-54,56-57,59-63H2,1-6H3,(H-,68,70,72,73)/b13-10-,22-19-,23-20-,29-27-,30-28-,34-33-,40-38-,48-45-,58-55+. The van der Waals surface area contributed by atoms with Crippen molar-refractivity contribution in [3.63, 3.8) is 0 Å². The molecule has 0 aromatic rings. The fourth-order valence-electron chi connectivity index (χ4n) is 8.38. The largest absolute Gasteiger partial charge is 0.756 e. The normalized spacial score (nSPS) is 14.4. The summed E-state index contributed by atoms with van der Waals surface area (Å²) < 4.78 is 30.3. The Balaban J connectivity index is 5.31. The third-order valence-corrected chi connectivity index (χ3v) is 14.2. The number of allylic oxidation sites excluding steroid dienone is 17. The molecule has 0 bridgehead atoms. The number of hydrogen-bond donors (Lipinski definition) is 1. The number of likely N-dealkylation sites (N-methyl/N-ethyl adjacent to an activating group) is 1. The maximum absolute atomic E-state index is 13.5. The van der Waals surface area contributed by atoms with E-state index in [2.05, 4.69) is 123 Å². The summed E-state index contributed by atoms with van der Waals surface area (Å²) in [6, 6.07) is -0.915. The van der Waals surface area contributed by atoms with Gasteiger partial charge in [-0.25, -0.2) is 0 Å². The molecule has 0 aliphatic carbocycles. The number of esters is 1. The summed E-state index contributed by atoms with van der Waals surface area (Å²) in [5.41, 5.74) is 0. The molecule has 0 saturated heterocycles. The summed E-state index contributed by atoms with van der Waals surface area (Å²) in [4.78, 5) is 40.0. The number of carbonyl (C=O) groups excluding carboxylic acids is 2. The highest BCUT2D eigenvalue weighted by atomic mass is 31.2. The first-order valence-electron chi connectivity index (χ1n) is 31.2. The molecule has 0 rings (SSSR count). The van der Waals surface area contributed by atoms with E-state index < -0.39 is 26.6 Å². The predicted molar refractivity (Wildman–Crippen MR) is 330 cm³/mol. The van der Waals surface area contributed by atoms with Crippen LogP contribution in [0.25, 0.3) is 0 Å². The zero-order valence-corrected chi connectivity index (χ0v) is 51.3. The summed E-state index contributed by atoms with van der Waals surface area (Å²) in [5.74, 6) is -0.602. The van der Waals surface area contributed by atoms with Crippen molar-refractivity contribution in [1.82, 2.24) is 5.32 Å². The number of phosphoric ester groups is 1. The van der Waals surface area contributed by atoms with E-state index in [-0.39, 0.29) is 24.9 Å². The Morgan fingerprint density at radius 1 is 0.468 bits per heavy atom. The van der Waals surface area contributed by atoms with E-state index in [1.165, 1.54) is 103 Å². The van der Waals surface area contributed by atoms with E-state index >= 15 is 0 Å². The van der Waals surface area contributed by atoms with Crippen molar-refractivity contribution in [2.45, 2.75) is 264 Å². The maximum Gasteiger partial charge on any atom is 0.306 e. The molecule has 3 unspecified atom stereocenters. The molecule has 77 heavy (non-hydrogen) atoms. The van der Waals surface area contributed by atoms with Crippen molar-refractivity contribution >= 4 is 19.7 Å². The number of rotatable bonds is 55. The molecular formula is C67H117N2O7P. The number of hydrogen-bond acceptors (Lipinski definition) is 7. The minimum atomic E-state index is -4.72. The van der Waals surface area contributed by atoms with Crippen molar-refractivity contribution in [3.05, 3.63) is 109 Å². The van der Waals surface area contributed by atoms with Crippen LogP contribution in [0.4, 0.5) is 0 Å². The number of unbranched alkanes of at least 4 members (excludes halogenated alkanes) is 23. The van der Waals surface area contributed by atoms with Crippen LogP contribution >= 0.6 is 7.82 Å². The van der Waals surface area contributed by atoms with Gasteiger partial charge in [0.1, 0.15) is 19.3 Å². The molecular weight excluding hydrogens is 976 g/mol. The van der Waals surface area contributed by atoms with Crippen LogP contribution < -0.4 is 10.2 Å². The van der Waals surface area contributed by atoms with Crippen molar-refractivity contribution < 1.29 is 37.3 Å². The highest BCUT2D eigenvalue weighted by molar-refractivity contribution is 7.45. The SMILES string of the molecule is CC/C=C\C/C=C\C/C=C\C/C=C\C/C=C\C/C=C\CCCCC(=O)OC(/C=C/CCCCCCCCCCC)C(COP(=O)([O-])OCC[N+](C)(C)C)NC(=O)CCCCCCCCCCC/C=C\C/C=C\CCCCC. The van der Waals surface area contributed by atoms with Gasteiger partial charge < -0.3 is 28.5 Å². The molecule has 0 saturated carbocycles. The molecule has 10 heteroatoms. The van der Waals surface area contributed by atoms with Gasteiger partial charge >= 0.3 is 5.97 Å². The molecule has 0 aromatic carbocycles. The van der Waals surface area contributed by atoms with Crippen LogP contribution in [-0.4, -0.2) is 69.4 Å². The van der Waals surface area contributed by atoms with Crippen LogP contribution in [-0.2, 0) is 27.9 Å². The summed E-state index contributed by atoms with van der Waals surface area (Å²) >= 11 is 0. The Hall–Kier alpha value is -3.33. The summed E-state index contributed by atoms with van der Waals surface area (Å²) in [5, 5.41) is 3.01. The van der Waals surface area contributed by atoms with Gasteiger partial charge in [-0.15, -0.1) is 0 Å². The van der Waals surface area contributed by atoms with Crippen molar-refractivity contribution in [2.75, 3.05) is 40.9 Å². The van der Waals surface area contributed by atoms with Crippen molar-refractivity contribution in [3.8, 4) is 0 Å². The Morgan fingerprint density at radius 3 is 1.29 bits per heavy atom. The Kier molecular flexibility index (Phi) is 53.5. The van der Waals surface area contributed by atoms with Gasteiger partial charge in [0, 0.05) is 12.8 Å². The van der Waals surface area contributed by atoms with Crippen LogP contribution in [0.2, 0.25) is 0 Å². The smallest absolute Gasteiger partial charge is 0.306 e. The Morgan fingerprint density at radius 2 is 0.831 bits per heavy atom. The zero-order valence-electron chi connectivity index (χ0n) is 50.4. The van der Waals surface area contributed by atoms with E-state index in [1.54, 1.807) is 0 Å². The first kappa shape index (κ1) is 73.7. The van der Waals surface area contributed by atoms with E-state index in [1.807, 2.05) is 33.3 Å². The molecule has 0 spiro atoms. The summed E-state index contributed by atoms with van der Waals surface area (Å²) in [6.45, 7) is 6.66. The van der Waals surface area contributed by atoms with Crippen LogP contribution in [0.3, 0.4) is 0 Å². The molecule has 442 valence electrons. The number of ether oxygens (including phenoxy) is 1. The highest BCUT2D eigenvalue weighted by Gasteiger charge is 2.27. The van der Waals surface area contributed by atoms with Crippen molar-refractivity contribution in [2.24, 2.45) is 0 Å².